The highest BCUT2D eigenvalue weighted by molar-refractivity contribution is 7.14. The summed E-state index contributed by atoms with van der Waals surface area (Å²) in [5.74, 6) is -0.501. The van der Waals surface area contributed by atoms with Crippen LogP contribution in [0.15, 0.2) is 11.4 Å². The van der Waals surface area contributed by atoms with Crippen LogP contribution in [0, 0.1) is 6.92 Å². The van der Waals surface area contributed by atoms with E-state index in [1.165, 1.54) is 11.3 Å². The quantitative estimate of drug-likeness (QED) is 0.914. The number of aromatic carboxylic acids is 1. The number of ether oxygens (including phenoxy) is 1. The predicted octanol–water partition coefficient (Wildman–Crippen LogP) is 3.35. The fraction of sp³-hybridized carbons (Fsp3) is 0.333. The molecule has 0 saturated heterocycles. The van der Waals surface area contributed by atoms with E-state index in [0.29, 0.717) is 12.4 Å². The van der Waals surface area contributed by atoms with Gasteiger partial charge in [-0.1, -0.05) is 6.92 Å². The van der Waals surface area contributed by atoms with Crippen LogP contribution >= 0.6 is 22.7 Å². The van der Waals surface area contributed by atoms with Crippen LogP contribution in [-0.4, -0.2) is 16.1 Å². The number of carboxylic acids is 1. The zero-order valence-corrected chi connectivity index (χ0v) is 11.7. The summed E-state index contributed by atoms with van der Waals surface area (Å²) in [7, 11) is 0. The van der Waals surface area contributed by atoms with E-state index < -0.39 is 5.97 Å². The van der Waals surface area contributed by atoms with E-state index in [4.69, 9.17) is 9.84 Å². The lowest BCUT2D eigenvalue weighted by atomic mass is 10.3. The highest BCUT2D eigenvalue weighted by Crippen LogP contribution is 2.30. The summed E-state index contributed by atoms with van der Waals surface area (Å²) in [6, 6.07) is 1.80. The standard InChI is InChI=1S/C12H13NO3S2/c1-3-9-4-10(11(18-9)12(14)15)16-5-8-6-17-7(2)13-8/h4,6H,3,5H2,1-2H3,(H,14,15). The van der Waals surface area contributed by atoms with E-state index >= 15 is 0 Å². The first kappa shape index (κ1) is 13.0. The maximum absolute atomic E-state index is 11.1. The Bertz CT molecular complexity index is 559. The van der Waals surface area contributed by atoms with Crippen LogP contribution in [-0.2, 0) is 13.0 Å². The molecule has 0 aliphatic heterocycles. The first-order chi connectivity index (χ1) is 8.60. The SMILES string of the molecule is CCc1cc(OCc2csc(C)n2)c(C(=O)O)s1. The molecule has 0 aromatic carbocycles. The molecule has 0 radical (unpaired) electrons. The lowest BCUT2D eigenvalue weighted by molar-refractivity contribution is 0.0697. The van der Waals surface area contributed by atoms with Crippen LogP contribution in [0.2, 0.25) is 0 Å². The summed E-state index contributed by atoms with van der Waals surface area (Å²) in [5, 5.41) is 12.0. The fourth-order valence-corrected chi connectivity index (χ4v) is 2.95. The molecule has 0 aliphatic carbocycles. The van der Waals surface area contributed by atoms with Crippen LogP contribution in [0.5, 0.6) is 5.75 Å². The van der Waals surface area contributed by atoms with Gasteiger partial charge in [-0.15, -0.1) is 22.7 Å². The molecule has 0 aliphatic rings. The third-order valence-electron chi connectivity index (χ3n) is 2.33. The van der Waals surface area contributed by atoms with Crippen molar-refractivity contribution >= 4 is 28.6 Å². The van der Waals surface area contributed by atoms with Gasteiger partial charge >= 0.3 is 5.97 Å². The molecular formula is C12H13NO3S2. The van der Waals surface area contributed by atoms with E-state index in [9.17, 15) is 4.79 Å². The van der Waals surface area contributed by atoms with Gasteiger partial charge in [0.1, 0.15) is 12.4 Å². The molecule has 6 heteroatoms. The summed E-state index contributed by atoms with van der Waals surface area (Å²) < 4.78 is 5.55. The average Bonchev–Trinajstić information content (AvgIpc) is 2.92. The zero-order valence-electron chi connectivity index (χ0n) is 10.1. The number of hydrogen-bond acceptors (Lipinski definition) is 5. The van der Waals surface area contributed by atoms with Gasteiger partial charge in [-0.3, -0.25) is 0 Å². The monoisotopic (exact) mass is 283 g/mol. The lowest BCUT2D eigenvalue weighted by Crippen LogP contribution is -2.00. The molecule has 0 unspecified atom stereocenters. The Kier molecular flexibility index (Phi) is 3.98. The van der Waals surface area contributed by atoms with Crippen molar-refractivity contribution in [2.45, 2.75) is 26.9 Å². The topological polar surface area (TPSA) is 59.4 Å². The molecule has 2 heterocycles. The lowest BCUT2D eigenvalue weighted by Gasteiger charge is -2.02. The molecule has 0 atom stereocenters. The molecule has 2 rings (SSSR count). The number of thiophene rings is 1. The van der Waals surface area contributed by atoms with Crippen molar-refractivity contribution in [3.05, 3.63) is 31.9 Å². The molecule has 0 fully saturated rings. The van der Waals surface area contributed by atoms with Gasteiger partial charge < -0.3 is 9.84 Å². The Labute approximate surface area is 113 Å². The number of aromatic nitrogens is 1. The molecule has 0 amide bonds. The van der Waals surface area contributed by atoms with Crippen molar-refractivity contribution in [2.75, 3.05) is 0 Å². The number of hydrogen-bond donors (Lipinski definition) is 1. The van der Waals surface area contributed by atoms with Crippen molar-refractivity contribution < 1.29 is 14.6 Å². The molecule has 0 spiro atoms. The van der Waals surface area contributed by atoms with Crippen molar-refractivity contribution in [1.82, 2.24) is 4.98 Å². The van der Waals surface area contributed by atoms with Gasteiger partial charge in [0.25, 0.3) is 0 Å². The van der Waals surface area contributed by atoms with E-state index in [0.717, 1.165) is 22.0 Å². The second-order valence-corrected chi connectivity index (χ2v) is 5.91. The van der Waals surface area contributed by atoms with Gasteiger partial charge in [-0.2, -0.15) is 0 Å². The summed E-state index contributed by atoms with van der Waals surface area (Å²) in [6.45, 7) is 4.23. The number of carbonyl (C=O) groups is 1. The van der Waals surface area contributed by atoms with Crippen LogP contribution in [0.25, 0.3) is 0 Å². The van der Waals surface area contributed by atoms with Crippen molar-refractivity contribution in [2.24, 2.45) is 0 Å². The normalized spacial score (nSPS) is 10.6. The number of thiazole rings is 1. The minimum Gasteiger partial charge on any atom is -0.485 e. The van der Waals surface area contributed by atoms with Crippen molar-refractivity contribution in [3.63, 3.8) is 0 Å². The Hall–Kier alpha value is -1.40. The number of rotatable bonds is 5. The summed E-state index contributed by atoms with van der Waals surface area (Å²) >= 11 is 2.82. The molecule has 2 aromatic rings. The zero-order chi connectivity index (χ0) is 13.1. The fourth-order valence-electron chi connectivity index (χ4n) is 1.48. The van der Waals surface area contributed by atoms with Crippen molar-refractivity contribution in [1.29, 1.82) is 0 Å². The third kappa shape index (κ3) is 2.88. The highest BCUT2D eigenvalue weighted by atomic mass is 32.1. The minimum absolute atomic E-state index is 0.263. The summed E-state index contributed by atoms with van der Waals surface area (Å²) in [5.41, 5.74) is 0.832. The Morgan fingerprint density at radius 2 is 2.33 bits per heavy atom. The van der Waals surface area contributed by atoms with E-state index in [1.54, 1.807) is 17.4 Å². The van der Waals surface area contributed by atoms with E-state index in [2.05, 4.69) is 4.98 Å². The number of carboxylic acid groups (broad SMARTS) is 1. The molecule has 2 aromatic heterocycles. The Morgan fingerprint density at radius 1 is 1.56 bits per heavy atom. The first-order valence-electron chi connectivity index (χ1n) is 5.50. The summed E-state index contributed by atoms with van der Waals surface area (Å²) in [6.07, 6.45) is 0.810. The Morgan fingerprint density at radius 3 is 2.89 bits per heavy atom. The van der Waals surface area contributed by atoms with Crippen LogP contribution in [0.1, 0.15) is 32.2 Å². The van der Waals surface area contributed by atoms with E-state index in [-0.39, 0.29) is 4.88 Å². The molecule has 1 N–H and O–H groups in total. The van der Waals surface area contributed by atoms with E-state index in [1.807, 2.05) is 19.2 Å². The number of aryl methyl sites for hydroxylation is 2. The molecule has 4 nitrogen and oxygen atoms in total. The largest absolute Gasteiger partial charge is 0.485 e. The maximum Gasteiger partial charge on any atom is 0.349 e. The van der Waals surface area contributed by atoms with Gasteiger partial charge in [-0.25, -0.2) is 9.78 Å². The van der Waals surface area contributed by atoms with Crippen LogP contribution < -0.4 is 4.74 Å². The van der Waals surface area contributed by atoms with Gasteiger partial charge in [0, 0.05) is 10.3 Å². The Balaban J connectivity index is 2.12. The second kappa shape index (κ2) is 5.49. The average molecular weight is 283 g/mol. The highest BCUT2D eigenvalue weighted by Gasteiger charge is 2.16. The molecular weight excluding hydrogens is 270 g/mol. The van der Waals surface area contributed by atoms with Crippen LogP contribution in [0.4, 0.5) is 0 Å². The molecule has 18 heavy (non-hydrogen) atoms. The molecule has 0 bridgehead atoms. The van der Waals surface area contributed by atoms with Gasteiger partial charge in [0.05, 0.1) is 10.7 Å². The minimum atomic E-state index is -0.941. The second-order valence-electron chi connectivity index (χ2n) is 3.71. The van der Waals surface area contributed by atoms with Crippen molar-refractivity contribution in [3.8, 4) is 5.75 Å². The molecule has 96 valence electrons. The number of nitrogens with zero attached hydrogens (tertiary/aromatic N) is 1. The van der Waals surface area contributed by atoms with Gasteiger partial charge in [0.15, 0.2) is 4.88 Å². The maximum atomic E-state index is 11.1. The van der Waals surface area contributed by atoms with Crippen LogP contribution in [0.3, 0.4) is 0 Å². The predicted molar refractivity (Wildman–Crippen MR) is 71.8 cm³/mol. The van der Waals surface area contributed by atoms with Gasteiger partial charge in [0.2, 0.25) is 0 Å². The molecule has 0 saturated carbocycles. The summed E-state index contributed by atoms with van der Waals surface area (Å²) in [4.78, 5) is 16.6. The third-order valence-corrected chi connectivity index (χ3v) is 4.40. The van der Waals surface area contributed by atoms with Gasteiger partial charge in [-0.05, 0) is 19.4 Å². The first-order valence-corrected chi connectivity index (χ1v) is 7.19. The smallest absolute Gasteiger partial charge is 0.349 e.